The highest BCUT2D eigenvalue weighted by Crippen LogP contribution is 2.07. The summed E-state index contributed by atoms with van der Waals surface area (Å²) in [6.07, 6.45) is 0. The van der Waals surface area contributed by atoms with Crippen molar-refractivity contribution in [1.29, 1.82) is 0 Å². The van der Waals surface area contributed by atoms with Gasteiger partial charge in [-0.15, -0.1) is 0 Å². The molecule has 0 fully saturated rings. The summed E-state index contributed by atoms with van der Waals surface area (Å²) in [6, 6.07) is 7.16. The molecule has 1 N–H and O–H groups in total. The zero-order valence-corrected chi connectivity index (χ0v) is 11.0. The highest BCUT2D eigenvalue weighted by molar-refractivity contribution is 5.09. The number of likely N-dealkylation sites (N-methyl/N-ethyl adjacent to an activating group) is 2. The van der Waals surface area contributed by atoms with E-state index in [-0.39, 0.29) is 0 Å². The SMILES string of the molecule is CNC(C)C(C)N(C)Cc1cccc(C)n1. The number of rotatable bonds is 5. The first-order chi connectivity index (χ1) is 7.54. The second kappa shape index (κ2) is 5.97. The van der Waals surface area contributed by atoms with Crippen molar-refractivity contribution >= 4 is 0 Å². The van der Waals surface area contributed by atoms with Gasteiger partial charge in [-0.1, -0.05) is 6.07 Å². The highest BCUT2D eigenvalue weighted by atomic mass is 15.2. The summed E-state index contributed by atoms with van der Waals surface area (Å²) in [5.74, 6) is 0. The highest BCUT2D eigenvalue weighted by Gasteiger charge is 2.15. The molecule has 0 aliphatic carbocycles. The van der Waals surface area contributed by atoms with E-state index in [1.54, 1.807) is 0 Å². The van der Waals surface area contributed by atoms with Crippen molar-refractivity contribution < 1.29 is 0 Å². The van der Waals surface area contributed by atoms with Crippen LogP contribution in [0.25, 0.3) is 0 Å². The van der Waals surface area contributed by atoms with Gasteiger partial charge in [-0.3, -0.25) is 9.88 Å². The Morgan fingerprint density at radius 2 is 2.06 bits per heavy atom. The van der Waals surface area contributed by atoms with Crippen LogP contribution in [0.15, 0.2) is 18.2 Å². The Balaban J connectivity index is 2.60. The number of nitrogens with one attached hydrogen (secondary N) is 1. The van der Waals surface area contributed by atoms with Crippen LogP contribution in [0.1, 0.15) is 25.2 Å². The molecule has 0 aliphatic heterocycles. The zero-order chi connectivity index (χ0) is 12.1. The van der Waals surface area contributed by atoms with Crippen molar-refractivity contribution in [3.63, 3.8) is 0 Å². The predicted molar refractivity (Wildman–Crippen MR) is 68.4 cm³/mol. The van der Waals surface area contributed by atoms with Crippen LogP contribution in [-0.4, -0.2) is 36.1 Å². The van der Waals surface area contributed by atoms with Crippen LogP contribution in [-0.2, 0) is 6.54 Å². The van der Waals surface area contributed by atoms with E-state index in [1.165, 1.54) is 0 Å². The lowest BCUT2D eigenvalue weighted by atomic mass is 10.1. The lowest BCUT2D eigenvalue weighted by Crippen LogP contribution is -2.43. The maximum atomic E-state index is 4.52. The molecule has 1 heterocycles. The van der Waals surface area contributed by atoms with E-state index in [2.05, 4.69) is 48.2 Å². The lowest BCUT2D eigenvalue weighted by molar-refractivity contribution is 0.209. The molecule has 16 heavy (non-hydrogen) atoms. The van der Waals surface area contributed by atoms with E-state index >= 15 is 0 Å². The van der Waals surface area contributed by atoms with Crippen molar-refractivity contribution in [2.24, 2.45) is 0 Å². The number of hydrogen-bond donors (Lipinski definition) is 1. The van der Waals surface area contributed by atoms with E-state index in [1.807, 2.05) is 20.0 Å². The van der Waals surface area contributed by atoms with Crippen LogP contribution < -0.4 is 5.32 Å². The molecule has 0 amide bonds. The molecule has 2 unspecified atom stereocenters. The Hall–Kier alpha value is -0.930. The van der Waals surface area contributed by atoms with E-state index in [0.29, 0.717) is 12.1 Å². The number of hydrogen-bond acceptors (Lipinski definition) is 3. The minimum absolute atomic E-state index is 0.481. The van der Waals surface area contributed by atoms with Gasteiger partial charge in [-0.05, 0) is 47.0 Å². The summed E-state index contributed by atoms with van der Waals surface area (Å²) < 4.78 is 0. The van der Waals surface area contributed by atoms with E-state index in [9.17, 15) is 0 Å². The molecule has 90 valence electrons. The molecule has 1 aromatic heterocycles. The van der Waals surface area contributed by atoms with Crippen molar-refractivity contribution in [3.05, 3.63) is 29.6 Å². The van der Waals surface area contributed by atoms with Crippen LogP contribution in [0.3, 0.4) is 0 Å². The molecule has 3 nitrogen and oxygen atoms in total. The van der Waals surface area contributed by atoms with Crippen LogP contribution in [0.5, 0.6) is 0 Å². The molecular formula is C13H23N3. The van der Waals surface area contributed by atoms with Gasteiger partial charge in [0, 0.05) is 24.3 Å². The maximum Gasteiger partial charge on any atom is 0.0547 e. The van der Waals surface area contributed by atoms with Gasteiger partial charge in [0.2, 0.25) is 0 Å². The smallest absolute Gasteiger partial charge is 0.0547 e. The molecule has 0 aromatic carbocycles. The second-order valence-electron chi connectivity index (χ2n) is 4.50. The Morgan fingerprint density at radius 1 is 1.38 bits per heavy atom. The molecule has 1 rings (SSSR count). The summed E-state index contributed by atoms with van der Waals surface area (Å²) in [5.41, 5.74) is 2.22. The Bertz CT molecular complexity index is 325. The fraction of sp³-hybridized carbons (Fsp3) is 0.615. The Labute approximate surface area is 98.9 Å². The van der Waals surface area contributed by atoms with Gasteiger partial charge >= 0.3 is 0 Å². The van der Waals surface area contributed by atoms with E-state index in [4.69, 9.17) is 0 Å². The first kappa shape index (κ1) is 13.1. The quantitative estimate of drug-likeness (QED) is 0.822. The van der Waals surface area contributed by atoms with Gasteiger partial charge in [0.05, 0.1) is 5.69 Å². The van der Waals surface area contributed by atoms with Crippen molar-refractivity contribution in [3.8, 4) is 0 Å². The second-order valence-corrected chi connectivity index (χ2v) is 4.50. The van der Waals surface area contributed by atoms with Gasteiger partial charge in [0.15, 0.2) is 0 Å². The molecular weight excluding hydrogens is 198 g/mol. The van der Waals surface area contributed by atoms with Crippen molar-refractivity contribution in [2.75, 3.05) is 14.1 Å². The van der Waals surface area contributed by atoms with Crippen LogP contribution in [0.2, 0.25) is 0 Å². The monoisotopic (exact) mass is 221 g/mol. The molecule has 2 atom stereocenters. The van der Waals surface area contributed by atoms with E-state index in [0.717, 1.165) is 17.9 Å². The summed E-state index contributed by atoms with van der Waals surface area (Å²) in [7, 11) is 4.14. The first-order valence-electron chi connectivity index (χ1n) is 5.84. The molecule has 0 spiro atoms. The number of aryl methyl sites for hydroxylation is 1. The fourth-order valence-electron chi connectivity index (χ4n) is 1.71. The average molecular weight is 221 g/mol. The lowest BCUT2D eigenvalue weighted by Gasteiger charge is -2.29. The van der Waals surface area contributed by atoms with E-state index < -0.39 is 0 Å². The van der Waals surface area contributed by atoms with Crippen LogP contribution in [0.4, 0.5) is 0 Å². The Morgan fingerprint density at radius 3 is 2.62 bits per heavy atom. The molecule has 0 bridgehead atoms. The zero-order valence-electron chi connectivity index (χ0n) is 11.0. The standard InChI is InChI=1S/C13H23N3/c1-10-7-6-8-13(15-10)9-16(5)12(3)11(2)14-4/h6-8,11-12,14H,9H2,1-5H3. The van der Waals surface area contributed by atoms with Crippen LogP contribution >= 0.6 is 0 Å². The normalized spacial score (nSPS) is 15.1. The first-order valence-corrected chi connectivity index (χ1v) is 5.84. The molecule has 0 saturated heterocycles. The van der Waals surface area contributed by atoms with Gasteiger partial charge in [0.1, 0.15) is 0 Å². The molecule has 0 saturated carbocycles. The average Bonchev–Trinajstić information content (AvgIpc) is 2.27. The summed E-state index contributed by atoms with van der Waals surface area (Å²) >= 11 is 0. The fourth-order valence-corrected chi connectivity index (χ4v) is 1.71. The van der Waals surface area contributed by atoms with Crippen LogP contribution in [0, 0.1) is 6.92 Å². The van der Waals surface area contributed by atoms with Gasteiger partial charge < -0.3 is 5.32 Å². The maximum absolute atomic E-state index is 4.52. The third kappa shape index (κ3) is 3.58. The third-order valence-corrected chi connectivity index (χ3v) is 3.23. The Kier molecular flexibility index (Phi) is 4.90. The molecule has 3 heteroatoms. The number of pyridine rings is 1. The van der Waals surface area contributed by atoms with Gasteiger partial charge in [-0.25, -0.2) is 0 Å². The van der Waals surface area contributed by atoms with Crippen molar-refractivity contribution in [2.45, 2.75) is 39.4 Å². The van der Waals surface area contributed by atoms with Gasteiger partial charge in [-0.2, -0.15) is 0 Å². The molecule has 1 aromatic rings. The minimum Gasteiger partial charge on any atom is -0.316 e. The summed E-state index contributed by atoms with van der Waals surface area (Å²) in [5, 5.41) is 3.28. The van der Waals surface area contributed by atoms with Crippen molar-refractivity contribution in [1.82, 2.24) is 15.2 Å². The topological polar surface area (TPSA) is 28.2 Å². The minimum atomic E-state index is 0.481. The third-order valence-electron chi connectivity index (χ3n) is 3.23. The van der Waals surface area contributed by atoms with Gasteiger partial charge in [0.25, 0.3) is 0 Å². The molecule has 0 radical (unpaired) electrons. The number of aromatic nitrogens is 1. The summed E-state index contributed by atoms with van der Waals surface area (Å²) in [6.45, 7) is 7.36. The largest absolute Gasteiger partial charge is 0.316 e. The number of nitrogens with zero attached hydrogens (tertiary/aromatic N) is 2. The summed E-state index contributed by atoms with van der Waals surface area (Å²) in [4.78, 5) is 6.84. The molecule has 0 aliphatic rings. The predicted octanol–water partition coefficient (Wildman–Crippen LogP) is 1.82.